The third kappa shape index (κ3) is 3.74. The second kappa shape index (κ2) is 10.3. The fourth-order valence-electron chi connectivity index (χ4n) is 8.12. The molecule has 4 heteroatoms. The van der Waals surface area contributed by atoms with Crippen molar-refractivity contribution in [1.29, 1.82) is 5.26 Å². The summed E-state index contributed by atoms with van der Waals surface area (Å²) >= 11 is 1.88. The topological polar surface area (TPSA) is 33.6 Å². The molecule has 1 aliphatic rings. The van der Waals surface area contributed by atoms with E-state index >= 15 is 0 Å². The lowest BCUT2D eigenvalue weighted by atomic mass is 9.79. The van der Waals surface area contributed by atoms with Gasteiger partial charge in [-0.05, 0) is 65.7 Å². The third-order valence-electron chi connectivity index (χ3n) is 10.3. The molecule has 0 spiro atoms. The molecular formula is C44H29N3S. The minimum atomic E-state index is -0.215. The van der Waals surface area contributed by atoms with Crippen LogP contribution in [-0.4, -0.2) is 9.13 Å². The molecule has 0 bridgehead atoms. The summed E-state index contributed by atoms with van der Waals surface area (Å²) < 4.78 is 7.43. The lowest BCUT2D eigenvalue weighted by molar-refractivity contribution is 0.634. The Bertz CT molecular complexity index is 2820. The number of para-hydroxylation sites is 3. The Morgan fingerprint density at radius 2 is 1.25 bits per heavy atom. The van der Waals surface area contributed by atoms with Crippen LogP contribution in [-0.2, 0) is 0 Å². The van der Waals surface area contributed by atoms with Crippen LogP contribution in [0.2, 0.25) is 0 Å². The Hall–Kier alpha value is -5.89. The first kappa shape index (κ1) is 27.2. The Kier molecular flexibility index (Phi) is 5.85. The molecule has 1 aliphatic carbocycles. The summed E-state index contributed by atoms with van der Waals surface area (Å²) in [7, 11) is 0. The van der Waals surface area contributed by atoms with E-state index in [1.165, 1.54) is 69.4 Å². The maximum atomic E-state index is 10.3. The van der Waals surface area contributed by atoms with Crippen molar-refractivity contribution in [3.63, 3.8) is 0 Å². The average molecular weight is 632 g/mol. The fourth-order valence-corrected chi connectivity index (χ4v) is 9.37. The van der Waals surface area contributed by atoms with Crippen LogP contribution >= 0.6 is 11.3 Å². The van der Waals surface area contributed by atoms with E-state index in [0.717, 1.165) is 16.9 Å². The molecule has 0 radical (unpaired) electrons. The van der Waals surface area contributed by atoms with Crippen LogP contribution < -0.4 is 0 Å². The number of nitrogens with zero attached hydrogens (tertiary/aromatic N) is 3. The summed E-state index contributed by atoms with van der Waals surface area (Å²) in [5.74, 6) is -0.216. The Balaban J connectivity index is 1.33. The van der Waals surface area contributed by atoms with Crippen molar-refractivity contribution in [1.82, 2.24) is 9.13 Å². The van der Waals surface area contributed by atoms with Crippen molar-refractivity contribution in [3.8, 4) is 11.8 Å². The van der Waals surface area contributed by atoms with Crippen LogP contribution in [0, 0.1) is 23.2 Å². The van der Waals surface area contributed by atoms with Gasteiger partial charge in [0.2, 0.25) is 0 Å². The first-order chi connectivity index (χ1) is 23.7. The maximum Gasteiger partial charge on any atom is 0.0714 e. The van der Waals surface area contributed by atoms with E-state index in [2.05, 4.69) is 168 Å². The molecule has 3 heterocycles. The van der Waals surface area contributed by atoms with Gasteiger partial charge < -0.3 is 9.13 Å². The average Bonchev–Trinajstić information content (AvgIpc) is 3.79. The zero-order valence-electron chi connectivity index (χ0n) is 26.3. The number of benzene rings is 6. The van der Waals surface area contributed by atoms with Gasteiger partial charge in [0.1, 0.15) is 0 Å². The van der Waals surface area contributed by atoms with Gasteiger partial charge in [0, 0.05) is 53.3 Å². The molecule has 0 amide bonds. The quantitative estimate of drug-likeness (QED) is 0.191. The van der Waals surface area contributed by atoms with Crippen LogP contribution in [0.4, 0.5) is 0 Å². The van der Waals surface area contributed by atoms with Gasteiger partial charge in [0.15, 0.2) is 0 Å². The van der Waals surface area contributed by atoms with Crippen molar-refractivity contribution in [2.45, 2.75) is 6.92 Å². The molecule has 48 heavy (non-hydrogen) atoms. The molecule has 0 saturated carbocycles. The number of hydrogen-bond donors (Lipinski definition) is 0. The Morgan fingerprint density at radius 3 is 2.00 bits per heavy atom. The number of allylic oxidation sites excluding steroid dienone is 4. The molecule has 0 N–H and O–H groups in total. The number of hydrogen-bond acceptors (Lipinski definition) is 2. The third-order valence-corrected chi connectivity index (χ3v) is 11.5. The number of thiophene rings is 1. The fraction of sp³-hybridized carbons (Fsp3) is 0.0682. The minimum absolute atomic E-state index is 0.000748. The van der Waals surface area contributed by atoms with E-state index in [1.807, 2.05) is 11.3 Å². The number of rotatable bonds is 3. The van der Waals surface area contributed by atoms with Gasteiger partial charge in [0.05, 0.1) is 39.8 Å². The highest BCUT2D eigenvalue weighted by atomic mass is 32.1. The van der Waals surface area contributed by atoms with E-state index in [1.54, 1.807) is 0 Å². The molecule has 6 aromatic carbocycles. The highest BCUT2D eigenvalue weighted by molar-refractivity contribution is 7.26. The zero-order valence-corrected chi connectivity index (χ0v) is 27.1. The van der Waals surface area contributed by atoms with Crippen LogP contribution in [0.25, 0.3) is 80.7 Å². The SMILES string of the molecule is CC1C(c2ccc3c(c2)c2c4sc5ccccc5c4ccc2n3-c2ccccc2)=C(n2c3ccccc3c3ccccc32)C=CC1C#N. The largest absolute Gasteiger partial charge is 0.309 e. The molecule has 0 saturated heterocycles. The van der Waals surface area contributed by atoms with Gasteiger partial charge in [-0.15, -0.1) is 11.3 Å². The van der Waals surface area contributed by atoms with Crippen molar-refractivity contribution >= 4 is 86.4 Å². The highest BCUT2D eigenvalue weighted by Gasteiger charge is 2.29. The van der Waals surface area contributed by atoms with Crippen molar-refractivity contribution in [3.05, 3.63) is 151 Å². The predicted molar refractivity (Wildman–Crippen MR) is 204 cm³/mol. The van der Waals surface area contributed by atoms with Crippen LogP contribution in [0.3, 0.4) is 0 Å². The summed E-state index contributed by atoms with van der Waals surface area (Å²) in [5.41, 5.74) is 9.36. The molecule has 2 atom stereocenters. The molecule has 10 rings (SSSR count). The van der Waals surface area contributed by atoms with Gasteiger partial charge in [-0.25, -0.2) is 0 Å². The van der Waals surface area contributed by atoms with Gasteiger partial charge in [-0.1, -0.05) is 97.9 Å². The summed E-state index contributed by atoms with van der Waals surface area (Å²) in [6.45, 7) is 2.21. The number of aromatic nitrogens is 2. The van der Waals surface area contributed by atoms with Gasteiger partial charge in [0.25, 0.3) is 0 Å². The lowest BCUT2D eigenvalue weighted by Gasteiger charge is -2.27. The van der Waals surface area contributed by atoms with Gasteiger partial charge in [-0.3, -0.25) is 0 Å². The molecule has 0 aliphatic heterocycles. The smallest absolute Gasteiger partial charge is 0.0714 e. The second-order valence-electron chi connectivity index (χ2n) is 12.8. The van der Waals surface area contributed by atoms with Crippen LogP contribution in [0.15, 0.2) is 146 Å². The molecule has 9 aromatic rings. The molecule has 3 nitrogen and oxygen atoms in total. The van der Waals surface area contributed by atoms with Gasteiger partial charge >= 0.3 is 0 Å². The molecule has 2 unspecified atom stereocenters. The predicted octanol–water partition coefficient (Wildman–Crippen LogP) is 12.0. The van der Waals surface area contributed by atoms with Crippen LogP contribution in [0.1, 0.15) is 12.5 Å². The lowest BCUT2D eigenvalue weighted by Crippen LogP contribution is -2.16. The van der Waals surface area contributed by atoms with Crippen molar-refractivity contribution in [2.75, 3.05) is 0 Å². The Labute approximate surface area is 281 Å². The first-order valence-electron chi connectivity index (χ1n) is 16.5. The van der Waals surface area contributed by atoms with E-state index in [0.29, 0.717) is 0 Å². The first-order valence-corrected chi connectivity index (χ1v) is 17.3. The maximum absolute atomic E-state index is 10.3. The molecule has 226 valence electrons. The van der Waals surface area contributed by atoms with Crippen LogP contribution in [0.5, 0.6) is 0 Å². The Morgan fingerprint density at radius 1 is 0.604 bits per heavy atom. The molecule has 0 fully saturated rings. The summed E-state index contributed by atoms with van der Waals surface area (Å²) in [5, 5.41) is 17.9. The monoisotopic (exact) mass is 631 g/mol. The molecular weight excluding hydrogens is 603 g/mol. The van der Waals surface area contributed by atoms with E-state index in [4.69, 9.17) is 0 Å². The standard InChI is InChI=1S/C44H29N3S/c1-27-29(26-45)20-23-39(47-36-16-8-5-13-31(36)32-14-6-9-17-37(32)47)42(27)28-19-22-38-35(25-28)43-40(46(38)30-11-3-2-4-12-30)24-21-34-33-15-7-10-18-41(33)48-44(34)43/h2-25,27,29H,1H3. The van der Waals surface area contributed by atoms with E-state index in [9.17, 15) is 5.26 Å². The van der Waals surface area contributed by atoms with Crippen molar-refractivity contribution in [2.24, 2.45) is 11.8 Å². The number of fused-ring (bicyclic) bond motifs is 10. The summed E-state index contributed by atoms with van der Waals surface area (Å²) in [4.78, 5) is 0. The second-order valence-corrected chi connectivity index (χ2v) is 13.9. The van der Waals surface area contributed by atoms with E-state index in [-0.39, 0.29) is 11.8 Å². The minimum Gasteiger partial charge on any atom is -0.309 e. The highest BCUT2D eigenvalue weighted by Crippen LogP contribution is 2.46. The van der Waals surface area contributed by atoms with E-state index < -0.39 is 0 Å². The summed E-state index contributed by atoms with van der Waals surface area (Å²) in [6, 6.07) is 50.9. The molecule has 3 aromatic heterocycles. The number of nitriles is 1. The summed E-state index contributed by atoms with van der Waals surface area (Å²) in [6.07, 6.45) is 4.28. The van der Waals surface area contributed by atoms with Gasteiger partial charge in [-0.2, -0.15) is 5.26 Å². The normalized spacial score (nSPS) is 16.7. The zero-order chi connectivity index (χ0) is 31.9. The van der Waals surface area contributed by atoms with Crippen molar-refractivity contribution < 1.29 is 0 Å².